The van der Waals surface area contributed by atoms with Gasteiger partial charge in [0.1, 0.15) is 5.75 Å². The molecule has 27 heavy (non-hydrogen) atoms. The second-order valence-electron chi connectivity index (χ2n) is 5.73. The van der Waals surface area contributed by atoms with Gasteiger partial charge >= 0.3 is 0 Å². The number of hydrogen-bond donors (Lipinski definition) is 2. The zero-order valence-electron chi connectivity index (χ0n) is 15.1. The quantitative estimate of drug-likeness (QED) is 0.516. The minimum atomic E-state index is -0.408. The Morgan fingerprint density at radius 1 is 1.11 bits per heavy atom. The largest absolute Gasteiger partial charge is 0.504 e. The number of aromatic hydroxyl groups is 1. The molecule has 0 heterocycles. The van der Waals surface area contributed by atoms with E-state index in [1.807, 2.05) is 37.3 Å². The number of para-hydroxylation sites is 1. The summed E-state index contributed by atoms with van der Waals surface area (Å²) in [5, 5.41) is 16.0. The van der Waals surface area contributed by atoms with Gasteiger partial charge in [-0.1, -0.05) is 30.3 Å². The minimum absolute atomic E-state index is 0.0272. The summed E-state index contributed by atoms with van der Waals surface area (Å²) in [5.41, 5.74) is 3.28. The Labute approximate surface area is 157 Å². The van der Waals surface area contributed by atoms with Crippen molar-refractivity contribution in [1.82, 2.24) is 5.43 Å². The molecule has 0 saturated heterocycles. The third kappa shape index (κ3) is 4.00. The van der Waals surface area contributed by atoms with E-state index in [0.29, 0.717) is 29.2 Å². The predicted molar refractivity (Wildman–Crippen MR) is 105 cm³/mol. The van der Waals surface area contributed by atoms with E-state index in [2.05, 4.69) is 10.5 Å². The average Bonchev–Trinajstić information content (AvgIpc) is 2.69. The maximum atomic E-state index is 12.5. The van der Waals surface area contributed by atoms with Crippen LogP contribution >= 0.6 is 0 Å². The van der Waals surface area contributed by atoms with Crippen LogP contribution in [0.5, 0.6) is 17.2 Å². The summed E-state index contributed by atoms with van der Waals surface area (Å²) >= 11 is 0. The Morgan fingerprint density at radius 2 is 1.85 bits per heavy atom. The highest BCUT2D eigenvalue weighted by Gasteiger charge is 2.13. The fraction of sp³-hybridized carbons (Fsp3) is 0.143. The molecule has 0 aliphatic heterocycles. The number of carbonyl (C=O) groups is 1. The number of phenols is 1. The molecule has 0 fully saturated rings. The van der Waals surface area contributed by atoms with E-state index in [4.69, 9.17) is 9.47 Å². The molecule has 0 aromatic heterocycles. The zero-order chi connectivity index (χ0) is 19.2. The number of nitrogens with zero attached hydrogens (tertiary/aromatic N) is 1. The lowest BCUT2D eigenvalue weighted by Gasteiger charge is -2.09. The number of rotatable bonds is 6. The van der Waals surface area contributed by atoms with Crippen molar-refractivity contribution in [3.8, 4) is 17.2 Å². The molecule has 0 aliphatic carbocycles. The Kier molecular flexibility index (Phi) is 5.56. The number of hydrogen-bond acceptors (Lipinski definition) is 5. The first-order valence-electron chi connectivity index (χ1n) is 8.49. The molecule has 0 spiro atoms. The summed E-state index contributed by atoms with van der Waals surface area (Å²) in [7, 11) is 1.52. The van der Waals surface area contributed by atoms with Crippen LogP contribution in [0.3, 0.4) is 0 Å². The maximum absolute atomic E-state index is 12.5. The maximum Gasteiger partial charge on any atom is 0.275 e. The van der Waals surface area contributed by atoms with Crippen LogP contribution in [0.1, 0.15) is 22.8 Å². The molecule has 6 nitrogen and oxygen atoms in total. The van der Waals surface area contributed by atoms with Crippen molar-refractivity contribution in [3.63, 3.8) is 0 Å². The number of amides is 1. The van der Waals surface area contributed by atoms with E-state index >= 15 is 0 Å². The van der Waals surface area contributed by atoms with Crippen LogP contribution < -0.4 is 14.9 Å². The summed E-state index contributed by atoms with van der Waals surface area (Å²) in [6.45, 7) is 2.27. The highest BCUT2D eigenvalue weighted by molar-refractivity contribution is 6.02. The first kappa shape index (κ1) is 18.3. The van der Waals surface area contributed by atoms with Gasteiger partial charge in [-0.3, -0.25) is 4.79 Å². The van der Waals surface area contributed by atoms with Crippen LogP contribution in [-0.4, -0.2) is 30.9 Å². The molecule has 3 aromatic rings. The summed E-state index contributed by atoms with van der Waals surface area (Å²) in [5.74, 6) is 0.390. The van der Waals surface area contributed by atoms with Gasteiger partial charge in [0.25, 0.3) is 5.91 Å². The van der Waals surface area contributed by atoms with E-state index < -0.39 is 5.91 Å². The molecule has 1 amide bonds. The summed E-state index contributed by atoms with van der Waals surface area (Å²) in [6.07, 6.45) is 1.36. The van der Waals surface area contributed by atoms with Gasteiger partial charge in [-0.15, -0.1) is 0 Å². The van der Waals surface area contributed by atoms with Crippen molar-refractivity contribution in [3.05, 3.63) is 65.7 Å². The number of phenolic OH excluding ortho intramolecular Hbond substituents is 1. The number of ether oxygens (including phenoxy) is 2. The highest BCUT2D eigenvalue weighted by atomic mass is 16.5. The molecule has 0 aliphatic rings. The molecule has 0 atom stereocenters. The first-order valence-corrected chi connectivity index (χ1v) is 8.49. The van der Waals surface area contributed by atoms with Gasteiger partial charge in [0.15, 0.2) is 11.5 Å². The molecule has 0 radical (unpaired) electrons. The van der Waals surface area contributed by atoms with Gasteiger partial charge in [-0.2, -0.15) is 5.10 Å². The number of benzene rings is 3. The Morgan fingerprint density at radius 3 is 2.56 bits per heavy atom. The van der Waals surface area contributed by atoms with Crippen molar-refractivity contribution in [2.45, 2.75) is 6.92 Å². The van der Waals surface area contributed by atoms with Gasteiger partial charge in [-0.25, -0.2) is 5.43 Å². The fourth-order valence-electron chi connectivity index (χ4n) is 2.70. The number of nitrogens with one attached hydrogen (secondary N) is 1. The summed E-state index contributed by atoms with van der Waals surface area (Å²) in [6, 6.07) is 16.3. The van der Waals surface area contributed by atoms with Crippen LogP contribution in [-0.2, 0) is 0 Å². The lowest BCUT2D eigenvalue weighted by Crippen LogP contribution is -2.18. The van der Waals surface area contributed by atoms with E-state index in [0.717, 1.165) is 10.8 Å². The van der Waals surface area contributed by atoms with E-state index in [1.165, 1.54) is 13.3 Å². The van der Waals surface area contributed by atoms with E-state index in [9.17, 15) is 9.90 Å². The fourth-order valence-corrected chi connectivity index (χ4v) is 2.70. The normalized spacial score (nSPS) is 10.9. The Bertz CT molecular complexity index is 999. The third-order valence-electron chi connectivity index (χ3n) is 4.01. The number of hydrazone groups is 1. The van der Waals surface area contributed by atoms with Gasteiger partial charge in [0, 0.05) is 5.56 Å². The molecule has 3 aromatic carbocycles. The van der Waals surface area contributed by atoms with Gasteiger partial charge < -0.3 is 14.6 Å². The summed E-state index contributed by atoms with van der Waals surface area (Å²) < 4.78 is 10.7. The minimum Gasteiger partial charge on any atom is -0.504 e. The summed E-state index contributed by atoms with van der Waals surface area (Å²) in [4.78, 5) is 12.5. The lowest BCUT2D eigenvalue weighted by atomic mass is 10.1. The molecule has 138 valence electrons. The second-order valence-corrected chi connectivity index (χ2v) is 5.73. The van der Waals surface area contributed by atoms with Gasteiger partial charge in [-0.05, 0) is 42.0 Å². The molecule has 6 heteroatoms. The molecule has 0 saturated carbocycles. The van der Waals surface area contributed by atoms with Crippen molar-refractivity contribution in [1.29, 1.82) is 0 Å². The van der Waals surface area contributed by atoms with Crippen molar-refractivity contribution in [2.24, 2.45) is 5.10 Å². The van der Waals surface area contributed by atoms with E-state index in [1.54, 1.807) is 24.3 Å². The van der Waals surface area contributed by atoms with Crippen LogP contribution in [0.25, 0.3) is 10.8 Å². The van der Waals surface area contributed by atoms with Crippen LogP contribution in [0, 0.1) is 0 Å². The smallest absolute Gasteiger partial charge is 0.275 e. The zero-order valence-corrected chi connectivity index (χ0v) is 15.1. The second kappa shape index (κ2) is 8.23. The monoisotopic (exact) mass is 364 g/mol. The highest BCUT2D eigenvalue weighted by Crippen LogP contribution is 2.29. The van der Waals surface area contributed by atoms with Crippen LogP contribution in [0.2, 0.25) is 0 Å². The Hall–Kier alpha value is -3.54. The SMILES string of the molecule is CCOc1cccc(C=NNC(=O)c2cc3ccccc3cc2OC)c1O. The van der Waals surface area contributed by atoms with Crippen LogP contribution in [0.15, 0.2) is 59.7 Å². The van der Waals surface area contributed by atoms with Crippen LogP contribution in [0.4, 0.5) is 0 Å². The third-order valence-corrected chi connectivity index (χ3v) is 4.01. The molecule has 3 rings (SSSR count). The number of methoxy groups -OCH3 is 1. The van der Waals surface area contributed by atoms with E-state index in [-0.39, 0.29) is 5.75 Å². The molecular formula is C21H20N2O4. The average molecular weight is 364 g/mol. The topological polar surface area (TPSA) is 80.2 Å². The number of carbonyl (C=O) groups excluding carboxylic acids is 1. The first-order chi connectivity index (χ1) is 13.1. The van der Waals surface area contributed by atoms with Crippen molar-refractivity contribution in [2.75, 3.05) is 13.7 Å². The van der Waals surface area contributed by atoms with Gasteiger partial charge in [0.2, 0.25) is 0 Å². The van der Waals surface area contributed by atoms with Crippen molar-refractivity contribution >= 4 is 22.9 Å². The van der Waals surface area contributed by atoms with Gasteiger partial charge in [0.05, 0.1) is 25.5 Å². The molecule has 0 bridgehead atoms. The molecule has 2 N–H and O–H groups in total. The Balaban J connectivity index is 1.81. The van der Waals surface area contributed by atoms with Crippen molar-refractivity contribution < 1.29 is 19.4 Å². The molecule has 0 unspecified atom stereocenters. The number of fused-ring (bicyclic) bond motifs is 1. The predicted octanol–water partition coefficient (Wildman–Crippen LogP) is 3.72. The molecular weight excluding hydrogens is 344 g/mol. The lowest BCUT2D eigenvalue weighted by molar-refractivity contribution is 0.0952. The standard InChI is InChI=1S/C21H20N2O4/c1-3-27-18-10-6-9-16(20(18)24)13-22-23-21(25)17-11-14-7-4-5-8-15(14)12-19(17)26-2/h4-13,24H,3H2,1-2H3,(H,23,25).